The van der Waals surface area contributed by atoms with Gasteiger partial charge in [-0.2, -0.15) is 0 Å². The molecule has 6 nitrogen and oxygen atoms in total. The summed E-state index contributed by atoms with van der Waals surface area (Å²) < 4.78 is 7.68. The molecule has 23 heavy (non-hydrogen) atoms. The van der Waals surface area contributed by atoms with Crippen molar-refractivity contribution in [3.05, 3.63) is 18.2 Å². The van der Waals surface area contributed by atoms with Crippen molar-refractivity contribution in [2.75, 3.05) is 13.7 Å². The van der Waals surface area contributed by atoms with E-state index >= 15 is 0 Å². The molecular weight excluding hydrogens is 292 g/mol. The summed E-state index contributed by atoms with van der Waals surface area (Å²) in [5.74, 6) is 1.00. The number of carbonyl (C=O) groups excluding carboxylic acids is 1. The number of rotatable bonds is 4. The first kappa shape index (κ1) is 16.3. The van der Waals surface area contributed by atoms with Gasteiger partial charge in [0.2, 0.25) is 0 Å². The number of aromatic nitrogens is 2. The van der Waals surface area contributed by atoms with Crippen LogP contribution in [0.4, 0.5) is 4.79 Å². The molecular formula is C17H28N4O2. The zero-order valence-corrected chi connectivity index (χ0v) is 14.2. The van der Waals surface area contributed by atoms with Gasteiger partial charge in [0.15, 0.2) is 0 Å². The van der Waals surface area contributed by atoms with E-state index in [0.29, 0.717) is 0 Å². The molecule has 128 valence electrons. The molecule has 2 heterocycles. The molecule has 1 saturated heterocycles. The monoisotopic (exact) mass is 320 g/mol. The second kappa shape index (κ2) is 7.34. The van der Waals surface area contributed by atoms with Crippen molar-refractivity contribution in [3.8, 4) is 0 Å². The zero-order valence-electron chi connectivity index (χ0n) is 14.2. The van der Waals surface area contributed by atoms with Crippen LogP contribution in [0.3, 0.4) is 0 Å². The Bertz CT molecular complexity index is 530. The number of urea groups is 1. The third kappa shape index (κ3) is 3.68. The molecule has 1 aliphatic carbocycles. The minimum Gasteiger partial charge on any atom is -0.379 e. The summed E-state index contributed by atoms with van der Waals surface area (Å²) in [5.41, 5.74) is 0. The van der Waals surface area contributed by atoms with Gasteiger partial charge in [-0.15, -0.1) is 0 Å². The minimum atomic E-state index is 0.0687. The smallest absolute Gasteiger partial charge is 0.318 e. The molecule has 2 fully saturated rings. The van der Waals surface area contributed by atoms with Crippen molar-refractivity contribution in [2.24, 2.45) is 0 Å². The molecule has 0 bridgehead atoms. The molecule has 1 N–H and O–H groups in total. The lowest BCUT2D eigenvalue weighted by atomic mass is 9.92. The number of aryl methyl sites for hydroxylation is 1. The summed E-state index contributed by atoms with van der Waals surface area (Å²) >= 11 is 0. The Kier molecular flexibility index (Phi) is 5.20. The summed E-state index contributed by atoms with van der Waals surface area (Å²) in [6.07, 6.45) is 10.5. The average molecular weight is 320 g/mol. The van der Waals surface area contributed by atoms with Crippen molar-refractivity contribution in [1.82, 2.24) is 19.8 Å². The van der Waals surface area contributed by atoms with Crippen molar-refractivity contribution < 1.29 is 9.53 Å². The number of amides is 2. The molecule has 0 aromatic carbocycles. The maximum Gasteiger partial charge on any atom is 0.318 e. The normalized spacial score (nSPS) is 28.1. The number of hydrogen-bond acceptors (Lipinski definition) is 3. The Morgan fingerprint density at radius 3 is 2.91 bits per heavy atom. The third-order valence-electron chi connectivity index (χ3n) is 5.28. The Labute approximate surface area is 138 Å². The zero-order chi connectivity index (χ0) is 16.2. The Morgan fingerprint density at radius 1 is 1.35 bits per heavy atom. The van der Waals surface area contributed by atoms with E-state index in [2.05, 4.69) is 14.9 Å². The number of imidazole rings is 1. The summed E-state index contributed by atoms with van der Waals surface area (Å²) in [4.78, 5) is 19.0. The number of nitrogens with one attached hydrogen (secondary N) is 1. The van der Waals surface area contributed by atoms with Crippen LogP contribution in [-0.2, 0) is 11.3 Å². The van der Waals surface area contributed by atoms with Crippen LogP contribution >= 0.6 is 0 Å². The first-order valence-electron chi connectivity index (χ1n) is 8.76. The van der Waals surface area contributed by atoms with Gasteiger partial charge in [0.1, 0.15) is 5.82 Å². The maximum atomic E-state index is 12.7. The van der Waals surface area contributed by atoms with Crippen molar-refractivity contribution >= 4 is 6.03 Å². The Morgan fingerprint density at radius 2 is 2.17 bits per heavy atom. The molecule has 3 atom stereocenters. The second-order valence-electron chi connectivity index (χ2n) is 6.73. The molecule has 6 heteroatoms. The van der Waals surface area contributed by atoms with E-state index in [9.17, 15) is 4.79 Å². The van der Waals surface area contributed by atoms with Gasteiger partial charge < -0.3 is 19.5 Å². The van der Waals surface area contributed by atoms with E-state index in [1.807, 2.05) is 24.2 Å². The number of nitrogens with zero attached hydrogens (tertiary/aromatic N) is 3. The molecule has 1 saturated carbocycles. The fraction of sp³-hybridized carbons (Fsp3) is 0.765. The van der Waals surface area contributed by atoms with Crippen LogP contribution in [-0.4, -0.2) is 52.3 Å². The van der Waals surface area contributed by atoms with E-state index in [0.717, 1.165) is 44.6 Å². The predicted octanol–water partition coefficient (Wildman–Crippen LogP) is 2.32. The summed E-state index contributed by atoms with van der Waals surface area (Å²) in [5, 5.41) is 3.22. The van der Waals surface area contributed by atoms with Gasteiger partial charge in [0.25, 0.3) is 0 Å². The van der Waals surface area contributed by atoms with Crippen LogP contribution in [0.1, 0.15) is 44.3 Å². The highest BCUT2D eigenvalue weighted by Gasteiger charge is 2.33. The van der Waals surface area contributed by atoms with Crippen LogP contribution in [0.5, 0.6) is 0 Å². The van der Waals surface area contributed by atoms with Crippen molar-refractivity contribution in [1.29, 1.82) is 0 Å². The number of likely N-dealkylation sites (tertiary alicyclic amines) is 1. The first-order chi connectivity index (χ1) is 11.2. The summed E-state index contributed by atoms with van der Waals surface area (Å²) in [7, 11) is 1.75. The fourth-order valence-corrected chi connectivity index (χ4v) is 3.90. The molecule has 3 rings (SSSR count). The molecule has 1 aliphatic heterocycles. The predicted molar refractivity (Wildman–Crippen MR) is 88.3 cm³/mol. The van der Waals surface area contributed by atoms with Gasteiger partial charge in [0, 0.05) is 32.6 Å². The minimum absolute atomic E-state index is 0.0687. The van der Waals surface area contributed by atoms with Gasteiger partial charge >= 0.3 is 6.03 Å². The van der Waals surface area contributed by atoms with E-state index in [1.165, 1.54) is 12.8 Å². The largest absolute Gasteiger partial charge is 0.379 e. The third-order valence-corrected chi connectivity index (χ3v) is 5.28. The van der Waals surface area contributed by atoms with Crippen LogP contribution in [0.2, 0.25) is 0 Å². The molecule has 1 aromatic rings. The highest BCUT2D eigenvalue weighted by molar-refractivity contribution is 5.75. The molecule has 0 unspecified atom stereocenters. The van der Waals surface area contributed by atoms with E-state index < -0.39 is 0 Å². The van der Waals surface area contributed by atoms with Crippen LogP contribution < -0.4 is 5.32 Å². The number of methoxy groups -OCH3 is 1. The van der Waals surface area contributed by atoms with E-state index in [-0.39, 0.29) is 24.2 Å². The molecule has 1 aromatic heterocycles. The molecule has 0 spiro atoms. The molecule has 0 radical (unpaired) electrons. The van der Waals surface area contributed by atoms with Crippen LogP contribution in [0.15, 0.2) is 12.4 Å². The maximum absolute atomic E-state index is 12.7. The van der Waals surface area contributed by atoms with Gasteiger partial charge in [-0.25, -0.2) is 9.78 Å². The van der Waals surface area contributed by atoms with Crippen LogP contribution in [0.25, 0.3) is 0 Å². The van der Waals surface area contributed by atoms with E-state index in [4.69, 9.17) is 4.74 Å². The topological polar surface area (TPSA) is 59.4 Å². The lowest BCUT2D eigenvalue weighted by Crippen LogP contribution is -2.52. The Hall–Kier alpha value is -1.56. The standard InChI is InChI=1S/C17H28N4O2/c1-13-18-9-11-20(13)12-14-6-5-10-21(14)17(22)19-15-7-3-4-8-16(15)23-2/h9,11,14-16H,3-8,10,12H2,1-2H3,(H,19,22)/t14-,15+,16+/m1/s1. The summed E-state index contributed by atoms with van der Waals surface area (Å²) in [6.45, 7) is 3.68. The number of ether oxygens (including phenoxy) is 1. The molecule has 2 aliphatic rings. The van der Waals surface area contributed by atoms with Crippen molar-refractivity contribution in [2.45, 2.75) is 70.2 Å². The molecule has 2 amide bonds. The van der Waals surface area contributed by atoms with Crippen molar-refractivity contribution in [3.63, 3.8) is 0 Å². The lowest BCUT2D eigenvalue weighted by molar-refractivity contribution is 0.0427. The van der Waals surface area contributed by atoms with Gasteiger partial charge in [-0.1, -0.05) is 12.8 Å². The summed E-state index contributed by atoms with van der Waals surface area (Å²) in [6, 6.07) is 0.476. The fourth-order valence-electron chi connectivity index (χ4n) is 3.90. The SMILES string of the molecule is CO[C@H]1CCCC[C@@H]1NC(=O)N1CCC[C@@H]1Cn1ccnc1C. The quantitative estimate of drug-likeness (QED) is 0.926. The average Bonchev–Trinajstić information content (AvgIpc) is 3.18. The van der Waals surface area contributed by atoms with Gasteiger partial charge in [-0.05, 0) is 32.6 Å². The second-order valence-corrected chi connectivity index (χ2v) is 6.73. The van der Waals surface area contributed by atoms with Gasteiger partial charge in [0.05, 0.1) is 18.2 Å². The number of hydrogen-bond donors (Lipinski definition) is 1. The Balaban J connectivity index is 1.60. The van der Waals surface area contributed by atoms with Crippen LogP contribution in [0, 0.1) is 6.92 Å². The van der Waals surface area contributed by atoms with E-state index in [1.54, 1.807) is 7.11 Å². The highest BCUT2D eigenvalue weighted by Crippen LogP contribution is 2.23. The lowest BCUT2D eigenvalue weighted by Gasteiger charge is -2.34. The first-order valence-corrected chi connectivity index (χ1v) is 8.76. The highest BCUT2D eigenvalue weighted by atomic mass is 16.5. The van der Waals surface area contributed by atoms with Gasteiger partial charge in [-0.3, -0.25) is 0 Å². The number of carbonyl (C=O) groups is 1.